The van der Waals surface area contributed by atoms with Gasteiger partial charge in [-0.3, -0.25) is 19.0 Å². The maximum Gasteiger partial charge on any atom is 0.335 e. The van der Waals surface area contributed by atoms with Gasteiger partial charge in [-0.2, -0.15) is 0 Å². The Hall–Kier alpha value is -4.41. The molecule has 0 unspecified atom stereocenters. The number of hydrogen-bond donors (Lipinski definition) is 1. The summed E-state index contributed by atoms with van der Waals surface area (Å²) in [6, 6.07) is 16.5. The Bertz CT molecular complexity index is 1800. The molecule has 12 heteroatoms. The lowest BCUT2D eigenvalue weighted by atomic mass is 9.98. The summed E-state index contributed by atoms with van der Waals surface area (Å²) in [5.41, 5.74) is -0.433. The number of fused-ring (bicyclic) bond motifs is 1. The largest absolute Gasteiger partial charge is 0.427 e. The van der Waals surface area contributed by atoms with Crippen LogP contribution in [-0.4, -0.2) is 39.8 Å². The van der Waals surface area contributed by atoms with Crippen LogP contribution in [0.25, 0.3) is 16.6 Å². The molecule has 0 aliphatic heterocycles. The molecule has 1 amide bonds. The van der Waals surface area contributed by atoms with Crippen LogP contribution in [0.3, 0.4) is 0 Å². The van der Waals surface area contributed by atoms with Crippen LogP contribution in [0.15, 0.2) is 76.3 Å². The number of esters is 2. The zero-order valence-corrected chi connectivity index (χ0v) is 25.4. The molecule has 0 radical (unpaired) electrons. The summed E-state index contributed by atoms with van der Waals surface area (Å²) in [5, 5.41) is 3.14. The number of carbonyl (C=O) groups is 3. The van der Waals surface area contributed by atoms with Crippen molar-refractivity contribution >= 4 is 52.0 Å². The maximum atomic E-state index is 13.2. The fraction of sp³-hybridized carbons (Fsp3) is 0.258. The van der Waals surface area contributed by atoms with E-state index in [1.807, 2.05) is 0 Å². The zero-order chi connectivity index (χ0) is 31.5. The monoisotopic (exact) mass is 625 g/mol. The molecule has 224 valence electrons. The van der Waals surface area contributed by atoms with Crippen LogP contribution >= 0.6 is 23.2 Å². The highest BCUT2D eigenvalue weighted by Gasteiger charge is 2.27. The van der Waals surface area contributed by atoms with Crippen molar-refractivity contribution in [3.8, 4) is 5.69 Å². The minimum absolute atomic E-state index is 0.0235. The van der Waals surface area contributed by atoms with Gasteiger partial charge in [0, 0.05) is 13.5 Å². The van der Waals surface area contributed by atoms with Gasteiger partial charge in [-0.05, 0) is 62.7 Å². The van der Waals surface area contributed by atoms with E-state index in [4.69, 9.17) is 32.7 Å². The van der Waals surface area contributed by atoms with Crippen molar-refractivity contribution in [1.82, 2.24) is 14.5 Å². The van der Waals surface area contributed by atoms with Crippen molar-refractivity contribution in [2.75, 3.05) is 6.79 Å². The number of nitrogens with one attached hydrogen (secondary N) is 1. The Balaban J connectivity index is 1.60. The number of amides is 1. The topological polar surface area (TPSA) is 126 Å². The van der Waals surface area contributed by atoms with E-state index in [9.17, 15) is 24.0 Å². The van der Waals surface area contributed by atoms with Gasteiger partial charge in [0.15, 0.2) is 0 Å². The van der Waals surface area contributed by atoms with Gasteiger partial charge in [-0.1, -0.05) is 53.5 Å². The van der Waals surface area contributed by atoms with Crippen LogP contribution in [0.4, 0.5) is 0 Å². The lowest BCUT2D eigenvalue weighted by molar-refractivity contribution is -0.174. The molecule has 0 aliphatic rings. The Morgan fingerprint density at radius 1 is 0.884 bits per heavy atom. The molecule has 10 nitrogen and oxygen atoms in total. The van der Waals surface area contributed by atoms with Gasteiger partial charge in [0.1, 0.15) is 6.04 Å². The molecule has 0 bridgehead atoms. The first-order valence-electron chi connectivity index (χ1n) is 13.2. The first-order chi connectivity index (χ1) is 20.3. The van der Waals surface area contributed by atoms with Gasteiger partial charge in [0.05, 0.1) is 37.6 Å². The number of hydrogen-bond acceptors (Lipinski definition) is 7. The fourth-order valence-corrected chi connectivity index (χ4v) is 4.82. The predicted octanol–water partition coefficient (Wildman–Crippen LogP) is 4.43. The molecule has 0 saturated heterocycles. The Kier molecular flexibility index (Phi) is 9.42. The molecule has 0 aliphatic carbocycles. The Labute approximate surface area is 256 Å². The van der Waals surface area contributed by atoms with E-state index in [-0.39, 0.29) is 22.0 Å². The average Bonchev–Trinajstić information content (AvgIpc) is 2.96. The molecule has 1 N–H and O–H groups in total. The molecule has 1 atom stereocenters. The summed E-state index contributed by atoms with van der Waals surface area (Å²) in [5.74, 6) is -2.16. The molecule has 4 rings (SSSR count). The van der Waals surface area contributed by atoms with E-state index in [1.54, 1.807) is 82.4 Å². The predicted molar refractivity (Wildman–Crippen MR) is 163 cm³/mol. The van der Waals surface area contributed by atoms with Gasteiger partial charge in [-0.25, -0.2) is 14.2 Å². The third-order valence-corrected chi connectivity index (χ3v) is 7.22. The highest BCUT2D eigenvalue weighted by Crippen LogP contribution is 2.24. The van der Waals surface area contributed by atoms with Crippen molar-refractivity contribution < 1.29 is 23.9 Å². The second-order valence-electron chi connectivity index (χ2n) is 10.8. The molecule has 3 aromatic carbocycles. The van der Waals surface area contributed by atoms with E-state index in [2.05, 4.69) is 5.32 Å². The van der Waals surface area contributed by atoms with Crippen LogP contribution in [-0.2, 0) is 32.5 Å². The van der Waals surface area contributed by atoms with E-state index in [1.165, 1.54) is 16.7 Å². The standard InChI is InChI=1S/C31H29Cl2N3O7/c1-31(2,3)29(40)43-17-42-28(39)23(34-26(37)25-21(32)9-7-10-22(25)33)16-18-12-14-19(15-13-18)36-27(38)20-8-5-6-11-24(20)35(4)30(36)41/h5-15,23H,16-17H2,1-4H3,(H,34,37)/t23-/m0/s1. The highest BCUT2D eigenvalue weighted by molar-refractivity contribution is 6.39. The van der Waals surface area contributed by atoms with E-state index in [0.29, 0.717) is 22.2 Å². The second kappa shape index (κ2) is 12.8. The number of ether oxygens (including phenoxy) is 2. The number of aryl methyl sites for hydroxylation is 1. The molecule has 1 aromatic heterocycles. The molecule has 43 heavy (non-hydrogen) atoms. The van der Waals surface area contributed by atoms with Crippen LogP contribution in [0.5, 0.6) is 0 Å². The normalized spacial score (nSPS) is 12.0. The first kappa shape index (κ1) is 31.5. The van der Waals surface area contributed by atoms with Crippen molar-refractivity contribution in [1.29, 1.82) is 0 Å². The minimum atomic E-state index is -1.24. The van der Waals surface area contributed by atoms with Crippen LogP contribution in [0.1, 0.15) is 36.7 Å². The molecule has 1 heterocycles. The summed E-state index contributed by atoms with van der Waals surface area (Å²) >= 11 is 12.4. The smallest absolute Gasteiger partial charge is 0.335 e. The molecule has 0 spiro atoms. The van der Waals surface area contributed by atoms with Crippen LogP contribution < -0.4 is 16.6 Å². The van der Waals surface area contributed by atoms with Crippen molar-refractivity contribution in [3.63, 3.8) is 0 Å². The van der Waals surface area contributed by atoms with E-state index in [0.717, 1.165) is 4.57 Å². The van der Waals surface area contributed by atoms with Gasteiger partial charge >= 0.3 is 17.6 Å². The van der Waals surface area contributed by atoms with Gasteiger partial charge < -0.3 is 14.8 Å². The summed E-state index contributed by atoms with van der Waals surface area (Å²) in [7, 11) is 1.58. The Morgan fingerprint density at radius 2 is 1.51 bits per heavy atom. The SMILES string of the molecule is Cn1c(=O)n(-c2ccc(C[C@H](NC(=O)c3c(Cl)cccc3Cl)C(=O)OCOC(=O)C(C)(C)C)cc2)c(=O)c2ccccc21. The number of benzene rings is 3. The maximum absolute atomic E-state index is 13.2. The summed E-state index contributed by atoms with van der Waals surface area (Å²) in [4.78, 5) is 64.5. The fourth-order valence-electron chi connectivity index (χ4n) is 4.25. The molecule has 4 aromatic rings. The van der Waals surface area contributed by atoms with Crippen LogP contribution in [0, 0.1) is 5.41 Å². The Morgan fingerprint density at radius 3 is 2.14 bits per heavy atom. The van der Waals surface area contributed by atoms with Crippen molar-refractivity contribution in [2.24, 2.45) is 12.5 Å². The van der Waals surface area contributed by atoms with Gasteiger partial charge in [0.2, 0.25) is 6.79 Å². The number of halogens is 2. The molecule has 0 saturated carbocycles. The number of aromatic nitrogens is 2. The van der Waals surface area contributed by atoms with Gasteiger partial charge in [0.25, 0.3) is 11.5 Å². The van der Waals surface area contributed by atoms with Gasteiger partial charge in [-0.15, -0.1) is 0 Å². The average molecular weight is 626 g/mol. The summed E-state index contributed by atoms with van der Waals surface area (Å²) in [6.45, 7) is 4.30. The summed E-state index contributed by atoms with van der Waals surface area (Å²) < 4.78 is 12.6. The number of para-hydroxylation sites is 1. The van der Waals surface area contributed by atoms with Crippen molar-refractivity contribution in [3.05, 3.63) is 109 Å². The lowest BCUT2D eigenvalue weighted by Crippen LogP contribution is -2.44. The zero-order valence-electron chi connectivity index (χ0n) is 23.9. The number of rotatable bonds is 8. The quantitative estimate of drug-likeness (QED) is 0.227. The molecular formula is C31H29Cl2N3O7. The van der Waals surface area contributed by atoms with E-state index < -0.39 is 47.3 Å². The summed E-state index contributed by atoms with van der Waals surface area (Å²) in [6.07, 6.45) is -0.0508. The third kappa shape index (κ3) is 6.98. The molecule has 0 fully saturated rings. The first-order valence-corrected chi connectivity index (χ1v) is 13.9. The van der Waals surface area contributed by atoms with Crippen molar-refractivity contribution in [2.45, 2.75) is 33.2 Å². The third-order valence-electron chi connectivity index (χ3n) is 6.59. The minimum Gasteiger partial charge on any atom is -0.427 e. The molecular weight excluding hydrogens is 597 g/mol. The van der Waals surface area contributed by atoms with Crippen LogP contribution in [0.2, 0.25) is 10.0 Å². The number of nitrogens with zero attached hydrogens (tertiary/aromatic N) is 2. The second-order valence-corrected chi connectivity index (χ2v) is 11.6. The lowest BCUT2D eigenvalue weighted by Gasteiger charge is -2.20. The number of carbonyl (C=O) groups excluding carboxylic acids is 3. The highest BCUT2D eigenvalue weighted by atomic mass is 35.5. The van der Waals surface area contributed by atoms with E-state index >= 15 is 0 Å².